The van der Waals surface area contributed by atoms with Gasteiger partial charge in [0, 0.05) is 6.42 Å². The molecule has 2 aliphatic rings. The van der Waals surface area contributed by atoms with E-state index in [1.54, 1.807) is 12.1 Å². The second kappa shape index (κ2) is 7.02. The van der Waals surface area contributed by atoms with Crippen molar-refractivity contribution in [1.29, 1.82) is 0 Å². The minimum Gasteiger partial charge on any atom is -0.480 e. The summed E-state index contributed by atoms with van der Waals surface area (Å²) in [5.41, 5.74) is 6.09. The van der Waals surface area contributed by atoms with Gasteiger partial charge in [-0.15, -0.1) is 0 Å². The Morgan fingerprint density at radius 2 is 1.70 bits per heavy atom. The van der Waals surface area contributed by atoms with Crippen molar-refractivity contribution in [3.8, 4) is 5.75 Å². The largest absolute Gasteiger partial charge is 0.480 e. The summed E-state index contributed by atoms with van der Waals surface area (Å²) in [6.07, 6.45) is 2.99. The highest BCUT2D eigenvalue weighted by molar-refractivity contribution is 5.91. The quantitative estimate of drug-likeness (QED) is 0.819. The molecule has 27 heavy (non-hydrogen) atoms. The molecule has 2 N–H and O–H groups in total. The maximum atomic E-state index is 13.3. The van der Waals surface area contributed by atoms with Gasteiger partial charge in [0.2, 0.25) is 5.91 Å². The highest BCUT2D eigenvalue weighted by Crippen LogP contribution is 2.41. The van der Waals surface area contributed by atoms with E-state index in [9.17, 15) is 14.0 Å². The van der Waals surface area contributed by atoms with Gasteiger partial charge in [0.1, 0.15) is 11.6 Å². The number of nitrogens with one attached hydrogen (secondary N) is 2. The van der Waals surface area contributed by atoms with Crippen molar-refractivity contribution < 1.29 is 18.7 Å². The van der Waals surface area contributed by atoms with E-state index in [2.05, 4.69) is 10.9 Å². The zero-order chi connectivity index (χ0) is 18.9. The summed E-state index contributed by atoms with van der Waals surface area (Å²) in [7, 11) is 0. The standard InChI is InChI=1S/C21H21FN2O3/c22-16-9-7-15(8-10-16)21(11-3-4-12-21)20(26)24-23-19(25)18-13-14-5-1-2-6-17(14)27-18/h1-2,5-10,18H,3-4,11-13H2,(H,23,25)(H,24,26). The van der Waals surface area contributed by atoms with Crippen LogP contribution in [0.2, 0.25) is 0 Å². The molecule has 0 bridgehead atoms. The summed E-state index contributed by atoms with van der Waals surface area (Å²) < 4.78 is 18.9. The number of fused-ring (bicyclic) bond motifs is 1. The van der Waals surface area contributed by atoms with Crippen LogP contribution in [-0.4, -0.2) is 17.9 Å². The highest BCUT2D eigenvalue weighted by atomic mass is 19.1. The molecule has 6 heteroatoms. The van der Waals surface area contributed by atoms with E-state index < -0.39 is 11.5 Å². The molecule has 5 nitrogen and oxygen atoms in total. The van der Waals surface area contributed by atoms with E-state index in [1.807, 2.05) is 24.3 Å². The molecule has 2 aromatic carbocycles. The normalized spacial score (nSPS) is 19.8. The molecule has 1 atom stereocenters. The molecule has 140 valence electrons. The number of hydrogen-bond donors (Lipinski definition) is 2. The van der Waals surface area contributed by atoms with Crippen molar-refractivity contribution in [3.05, 3.63) is 65.5 Å². The van der Waals surface area contributed by atoms with E-state index in [0.29, 0.717) is 25.0 Å². The lowest BCUT2D eigenvalue weighted by molar-refractivity contribution is -0.135. The molecule has 1 heterocycles. The van der Waals surface area contributed by atoms with Crippen LogP contribution in [0.3, 0.4) is 0 Å². The Hall–Kier alpha value is -2.89. The summed E-state index contributed by atoms with van der Waals surface area (Å²) in [4.78, 5) is 25.3. The van der Waals surface area contributed by atoms with E-state index in [-0.39, 0.29) is 17.6 Å². The predicted molar refractivity (Wildman–Crippen MR) is 97.4 cm³/mol. The Morgan fingerprint density at radius 3 is 2.41 bits per heavy atom. The Balaban J connectivity index is 1.42. The molecule has 2 aromatic rings. The molecule has 0 aromatic heterocycles. The minimum atomic E-state index is -0.736. The molecule has 0 saturated heterocycles. The SMILES string of the molecule is O=C(NNC(=O)C1(c2ccc(F)cc2)CCCC1)C1Cc2ccccc2O1. The topological polar surface area (TPSA) is 67.4 Å². The van der Waals surface area contributed by atoms with Crippen molar-refractivity contribution in [1.82, 2.24) is 10.9 Å². The lowest BCUT2D eigenvalue weighted by Gasteiger charge is -2.28. The Kier molecular flexibility index (Phi) is 4.56. The van der Waals surface area contributed by atoms with Crippen molar-refractivity contribution >= 4 is 11.8 Å². The van der Waals surface area contributed by atoms with Gasteiger partial charge >= 0.3 is 0 Å². The predicted octanol–water partition coefficient (Wildman–Crippen LogP) is 2.79. The molecule has 2 amide bonds. The van der Waals surface area contributed by atoms with Gasteiger partial charge in [0.05, 0.1) is 5.41 Å². The Labute approximate surface area is 156 Å². The van der Waals surface area contributed by atoms with Crippen LogP contribution >= 0.6 is 0 Å². The summed E-state index contributed by atoms with van der Waals surface area (Å²) in [5, 5.41) is 0. The van der Waals surface area contributed by atoms with Crippen molar-refractivity contribution in [2.45, 2.75) is 43.6 Å². The molecule has 0 radical (unpaired) electrons. The van der Waals surface area contributed by atoms with Gasteiger partial charge < -0.3 is 4.74 Å². The second-order valence-electron chi connectivity index (χ2n) is 7.16. The van der Waals surface area contributed by atoms with Crippen molar-refractivity contribution in [2.24, 2.45) is 0 Å². The summed E-state index contributed by atoms with van der Waals surface area (Å²) in [5.74, 6) is -0.289. The smallest absolute Gasteiger partial charge is 0.279 e. The lowest BCUT2D eigenvalue weighted by Crippen LogP contribution is -2.53. The van der Waals surface area contributed by atoms with Crippen molar-refractivity contribution in [3.63, 3.8) is 0 Å². The summed E-state index contributed by atoms with van der Waals surface area (Å²) in [6.45, 7) is 0. The number of para-hydroxylation sites is 1. The molecule has 1 fully saturated rings. The number of benzene rings is 2. The molecule has 1 aliphatic carbocycles. The fourth-order valence-corrected chi connectivity index (χ4v) is 4.04. The highest BCUT2D eigenvalue weighted by Gasteiger charge is 2.43. The van der Waals surface area contributed by atoms with Crippen LogP contribution in [-0.2, 0) is 21.4 Å². The number of ether oxygens (including phenoxy) is 1. The first-order valence-electron chi connectivity index (χ1n) is 9.19. The second-order valence-corrected chi connectivity index (χ2v) is 7.16. The van der Waals surface area contributed by atoms with Gasteiger partial charge in [0.15, 0.2) is 6.10 Å². The number of hydrazine groups is 1. The first-order valence-corrected chi connectivity index (χ1v) is 9.19. The third-order valence-electron chi connectivity index (χ3n) is 5.53. The number of hydrogen-bond acceptors (Lipinski definition) is 3. The van der Waals surface area contributed by atoms with Crippen LogP contribution < -0.4 is 15.6 Å². The number of carbonyl (C=O) groups excluding carboxylic acids is 2. The maximum Gasteiger partial charge on any atom is 0.279 e. The Bertz CT molecular complexity index is 835. The Morgan fingerprint density at radius 1 is 1.00 bits per heavy atom. The fourth-order valence-electron chi connectivity index (χ4n) is 4.04. The van der Waals surface area contributed by atoms with Gasteiger partial charge in [-0.2, -0.15) is 0 Å². The zero-order valence-corrected chi connectivity index (χ0v) is 14.8. The van der Waals surface area contributed by atoms with E-state index in [0.717, 1.165) is 24.0 Å². The average molecular weight is 368 g/mol. The molecular weight excluding hydrogens is 347 g/mol. The van der Waals surface area contributed by atoms with Crippen LogP contribution in [0.25, 0.3) is 0 Å². The average Bonchev–Trinajstić information content (AvgIpc) is 3.34. The third-order valence-corrected chi connectivity index (χ3v) is 5.53. The summed E-state index contributed by atoms with van der Waals surface area (Å²) >= 11 is 0. The van der Waals surface area contributed by atoms with Gasteiger partial charge in [-0.05, 0) is 42.2 Å². The number of halogens is 1. The number of carbonyl (C=O) groups is 2. The van der Waals surface area contributed by atoms with Gasteiger partial charge in [-0.3, -0.25) is 20.4 Å². The first kappa shape index (κ1) is 17.5. The zero-order valence-electron chi connectivity index (χ0n) is 14.8. The molecule has 1 saturated carbocycles. The van der Waals surface area contributed by atoms with Crippen LogP contribution in [0.5, 0.6) is 5.75 Å². The van der Waals surface area contributed by atoms with Crippen LogP contribution in [0.15, 0.2) is 48.5 Å². The van der Waals surface area contributed by atoms with Crippen LogP contribution in [0.1, 0.15) is 36.8 Å². The van der Waals surface area contributed by atoms with Gasteiger partial charge in [-0.25, -0.2) is 4.39 Å². The molecule has 1 aliphatic heterocycles. The van der Waals surface area contributed by atoms with E-state index in [4.69, 9.17) is 4.74 Å². The van der Waals surface area contributed by atoms with Crippen LogP contribution in [0, 0.1) is 5.82 Å². The number of rotatable bonds is 3. The van der Waals surface area contributed by atoms with Crippen LogP contribution in [0.4, 0.5) is 4.39 Å². The van der Waals surface area contributed by atoms with E-state index in [1.165, 1.54) is 12.1 Å². The number of amides is 2. The van der Waals surface area contributed by atoms with Crippen molar-refractivity contribution in [2.75, 3.05) is 0 Å². The molecular formula is C21H21FN2O3. The fraction of sp³-hybridized carbons (Fsp3) is 0.333. The molecule has 0 spiro atoms. The monoisotopic (exact) mass is 368 g/mol. The van der Waals surface area contributed by atoms with E-state index >= 15 is 0 Å². The molecule has 1 unspecified atom stereocenters. The first-order chi connectivity index (χ1) is 13.1. The third kappa shape index (κ3) is 3.27. The summed E-state index contributed by atoms with van der Waals surface area (Å²) in [6, 6.07) is 13.5. The molecule has 4 rings (SSSR count). The maximum absolute atomic E-state index is 13.3. The lowest BCUT2D eigenvalue weighted by atomic mass is 9.78. The minimum absolute atomic E-state index is 0.268. The van der Waals surface area contributed by atoms with Gasteiger partial charge in [0.25, 0.3) is 5.91 Å². The van der Waals surface area contributed by atoms with Gasteiger partial charge in [-0.1, -0.05) is 43.2 Å².